The highest BCUT2D eigenvalue weighted by molar-refractivity contribution is 5.96. The van der Waals surface area contributed by atoms with Crippen LogP contribution in [0.4, 0.5) is 0 Å². The predicted molar refractivity (Wildman–Crippen MR) is 146 cm³/mol. The second kappa shape index (κ2) is 14.9. The van der Waals surface area contributed by atoms with E-state index < -0.39 is 41.6 Å². The highest BCUT2D eigenvalue weighted by atomic mass is 16.6. The summed E-state index contributed by atoms with van der Waals surface area (Å²) in [7, 11) is 0. The molecule has 1 saturated heterocycles. The fourth-order valence-electron chi connectivity index (χ4n) is 6.65. The van der Waals surface area contributed by atoms with Crippen LogP contribution in [0, 0.1) is 35.0 Å². The highest BCUT2D eigenvalue weighted by Crippen LogP contribution is 2.55. The van der Waals surface area contributed by atoms with Crippen molar-refractivity contribution in [2.45, 2.75) is 111 Å². The number of hydrogen-bond acceptors (Lipinski definition) is 10. The topological polar surface area (TPSA) is 139 Å². The molecule has 7 unspecified atom stereocenters. The molecule has 2 bridgehead atoms. The van der Waals surface area contributed by atoms with Gasteiger partial charge in [0.25, 0.3) is 0 Å². The highest BCUT2D eigenvalue weighted by Gasteiger charge is 2.51. The van der Waals surface area contributed by atoms with Crippen molar-refractivity contribution in [1.29, 1.82) is 0 Å². The lowest BCUT2D eigenvalue weighted by Crippen LogP contribution is -2.34. The standard InChI is InChI=1S/C31H46O10/c1-5-22(28(35)40-25-17-21-12-13-31(25,4)18-21)9-7-11-24-23(29(36)41-30(24)37)10-6-8-19(2)27(34)39-15-14-38-26(33)16-20(3)32/h19,21-25H,5-18H2,1-4H3. The van der Waals surface area contributed by atoms with E-state index in [2.05, 4.69) is 6.92 Å². The van der Waals surface area contributed by atoms with Gasteiger partial charge in [-0.2, -0.15) is 0 Å². The molecule has 0 radical (unpaired) electrons. The van der Waals surface area contributed by atoms with E-state index in [9.17, 15) is 28.8 Å². The first-order valence-electron chi connectivity index (χ1n) is 15.2. The molecule has 2 saturated carbocycles. The summed E-state index contributed by atoms with van der Waals surface area (Å²) in [6.45, 7) is 6.96. The average Bonchev–Trinajstić information content (AvgIpc) is 3.52. The molecule has 1 aliphatic heterocycles. The zero-order chi connectivity index (χ0) is 30.2. The Morgan fingerprint density at radius 2 is 1.61 bits per heavy atom. The lowest BCUT2D eigenvalue weighted by atomic mass is 9.83. The maximum Gasteiger partial charge on any atom is 0.317 e. The van der Waals surface area contributed by atoms with Crippen LogP contribution < -0.4 is 0 Å². The molecule has 0 spiro atoms. The van der Waals surface area contributed by atoms with Crippen molar-refractivity contribution in [3.05, 3.63) is 0 Å². The Kier molecular flexibility index (Phi) is 11.9. The van der Waals surface area contributed by atoms with Gasteiger partial charge in [0, 0.05) is 5.41 Å². The lowest BCUT2D eigenvalue weighted by Gasteiger charge is -2.32. The minimum atomic E-state index is -0.663. The molecule has 41 heavy (non-hydrogen) atoms. The van der Waals surface area contributed by atoms with E-state index in [0.717, 1.165) is 19.3 Å². The van der Waals surface area contributed by atoms with E-state index in [4.69, 9.17) is 18.9 Å². The molecule has 0 aromatic rings. The normalized spacial score (nSPS) is 28.2. The predicted octanol–water partition coefficient (Wildman–Crippen LogP) is 4.49. The van der Waals surface area contributed by atoms with Gasteiger partial charge in [0.2, 0.25) is 0 Å². The third-order valence-corrected chi connectivity index (χ3v) is 9.19. The summed E-state index contributed by atoms with van der Waals surface area (Å²) in [5, 5.41) is 0. The Labute approximate surface area is 242 Å². The van der Waals surface area contributed by atoms with Crippen molar-refractivity contribution in [2.24, 2.45) is 35.0 Å². The SMILES string of the molecule is CCC(CCCC1C(=O)OC(=O)C1CCCC(C)C(=O)OCCOC(=O)CC(C)=O)C(=O)OC1CC2CCC1(C)C2. The Morgan fingerprint density at radius 1 is 0.976 bits per heavy atom. The van der Waals surface area contributed by atoms with Crippen LogP contribution in [0.2, 0.25) is 0 Å². The first-order chi connectivity index (χ1) is 19.4. The molecular formula is C31H46O10. The summed E-state index contributed by atoms with van der Waals surface area (Å²) in [6, 6.07) is 0. The van der Waals surface area contributed by atoms with Crippen molar-refractivity contribution in [2.75, 3.05) is 13.2 Å². The molecule has 230 valence electrons. The van der Waals surface area contributed by atoms with Gasteiger partial charge >= 0.3 is 29.8 Å². The number of rotatable bonds is 17. The van der Waals surface area contributed by atoms with Crippen LogP contribution >= 0.6 is 0 Å². The van der Waals surface area contributed by atoms with Gasteiger partial charge in [-0.05, 0) is 70.6 Å². The molecule has 3 rings (SSSR count). The van der Waals surface area contributed by atoms with Crippen molar-refractivity contribution in [1.82, 2.24) is 0 Å². The van der Waals surface area contributed by atoms with Crippen LogP contribution in [-0.2, 0) is 47.7 Å². The van der Waals surface area contributed by atoms with E-state index in [0.29, 0.717) is 50.9 Å². The minimum Gasteiger partial charge on any atom is -0.462 e. The van der Waals surface area contributed by atoms with Gasteiger partial charge in [-0.15, -0.1) is 0 Å². The number of ketones is 1. The Balaban J connectivity index is 1.36. The van der Waals surface area contributed by atoms with Crippen molar-refractivity contribution >= 4 is 35.6 Å². The number of Topliss-reactive ketones (excluding diaryl/α,β-unsaturated/α-hetero) is 1. The van der Waals surface area contributed by atoms with Gasteiger partial charge in [0.15, 0.2) is 0 Å². The smallest absolute Gasteiger partial charge is 0.317 e. The molecule has 10 heteroatoms. The molecule has 2 aliphatic carbocycles. The summed E-state index contributed by atoms with van der Waals surface area (Å²) in [6.07, 6.45) is 7.87. The molecule has 1 heterocycles. The molecule has 10 nitrogen and oxygen atoms in total. The summed E-state index contributed by atoms with van der Waals surface area (Å²) in [4.78, 5) is 72.2. The Bertz CT molecular complexity index is 989. The van der Waals surface area contributed by atoms with Crippen LogP contribution in [0.1, 0.15) is 105 Å². The number of hydrogen-bond donors (Lipinski definition) is 0. The van der Waals surface area contributed by atoms with E-state index in [1.807, 2.05) is 6.92 Å². The van der Waals surface area contributed by atoms with E-state index in [1.165, 1.54) is 13.3 Å². The molecule has 0 aromatic carbocycles. The zero-order valence-corrected chi connectivity index (χ0v) is 24.9. The Hall–Kier alpha value is -2.78. The van der Waals surface area contributed by atoms with Gasteiger partial charge in [-0.3, -0.25) is 28.8 Å². The van der Waals surface area contributed by atoms with Gasteiger partial charge in [-0.25, -0.2) is 0 Å². The fourth-order valence-corrected chi connectivity index (χ4v) is 6.65. The number of esters is 5. The van der Waals surface area contributed by atoms with Gasteiger partial charge < -0.3 is 18.9 Å². The molecule has 3 aliphatic rings. The largest absolute Gasteiger partial charge is 0.462 e. The number of carbonyl (C=O) groups excluding carboxylic acids is 6. The van der Waals surface area contributed by atoms with E-state index >= 15 is 0 Å². The molecule has 0 N–H and O–H groups in total. The van der Waals surface area contributed by atoms with E-state index in [1.54, 1.807) is 6.92 Å². The fraction of sp³-hybridized carbons (Fsp3) is 0.806. The maximum atomic E-state index is 12.9. The van der Waals surface area contributed by atoms with Gasteiger partial charge in [-0.1, -0.05) is 33.6 Å². The second-order valence-electron chi connectivity index (χ2n) is 12.5. The number of cyclic esters (lactones) is 2. The monoisotopic (exact) mass is 578 g/mol. The maximum absolute atomic E-state index is 12.9. The molecule has 0 amide bonds. The summed E-state index contributed by atoms with van der Waals surface area (Å²) in [5.74, 6) is -3.72. The van der Waals surface area contributed by atoms with Crippen molar-refractivity contribution in [3.63, 3.8) is 0 Å². The van der Waals surface area contributed by atoms with Gasteiger partial charge in [0.05, 0.1) is 23.7 Å². The van der Waals surface area contributed by atoms with Crippen LogP contribution in [0.25, 0.3) is 0 Å². The van der Waals surface area contributed by atoms with Crippen molar-refractivity contribution in [3.8, 4) is 0 Å². The average molecular weight is 579 g/mol. The zero-order valence-electron chi connectivity index (χ0n) is 24.9. The summed E-state index contributed by atoms with van der Waals surface area (Å²) < 4.78 is 20.9. The molecule has 3 fully saturated rings. The van der Waals surface area contributed by atoms with Crippen LogP contribution in [0.15, 0.2) is 0 Å². The van der Waals surface area contributed by atoms with Gasteiger partial charge in [0.1, 0.15) is 31.5 Å². The first-order valence-corrected chi connectivity index (χ1v) is 15.2. The summed E-state index contributed by atoms with van der Waals surface area (Å²) >= 11 is 0. The van der Waals surface area contributed by atoms with Crippen LogP contribution in [0.3, 0.4) is 0 Å². The van der Waals surface area contributed by atoms with Crippen molar-refractivity contribution < 1.29 is 47.7 Å². The molecule has 7 atom stereocenters. The summed E-state index contributed by atoms with van der Waals surface area (Å²) in [5.41, 5.74) is 0.111. The second-order valence-corrected chi connectivity index (χ2v) is 12.5. The van der Waals surface area contributed by atoms with Crippen LogP contribution in [-0.4, -0.2) is 54.9 Å². The van der Waals surface area contributed by atoms with Crippen LogP contribution in [0.5, 0.6) is 0 Å². The molecule has 0 aromatic heterocycles. The minimum absolute atomic E-state index is 0.00422. The van der Waals surface area contributed by atoms with E-state index in [-0.39, 0.29) is 48.8 Å². The Morgan fingerprint density at radius 3 is 2.17 bits per heavy atom. The third-order valence-electron chi connectivity index (χ3n) is 9.19. The lowest BCUT2D eigenvalue weighted by molar-refractivity contribution is -0.160. The molecular weight excluding hydrogens is 532 g/mol. The number of carbonyl (C=O) groups is 6. The quantitative estimate of drug-likeness (QED) is 0.105. The number of ether oxygens (including phenoxy) is 4. The number of fused-ring (bicyclic) bond motifs is 2. The third kappa shape index (κ3) is 9.10. The first kappa shape index (κ1) is 32.7.